The number of aromatic nitrogens is 2. The van der Waals surface area contributed by atoms with Gasteiger partial charge in [-0.15, -0.1) is 0 Å². The van der Waals surface area contributed by atoms with Gasteiger partial charge in [-0.05, 0) is 6.92 Å². The minimum absolute atomic E-state index is 0.0776. The average molecular weight is 265 g/mol. The topological polar surface area (TPSA) is 107 Å². The molecule has 0 aliphatic rings. The number of carbonyl (C=O) groups is 1. The zero-order valence-corrected chi connectivity index (χ0v) is 10.3. The van der Waals surface area contributed by atoms with E-state index in [4.69, 9.17) is 13.7 Å². The summed E-state index contributed by atoms with van der Waals surface area (Å²) < 4.78 is 15.0. The largest absolute Gasteiger partial charge is 0.478 e. The molecule has 0 saturated carbocycles. The van der Waals surface area contributed by atoms with E-state index in [-0.39, 0.29) is 29.5 Å². The molecule has 0 aromatic carbocycles. The highest BCUT2D eigenvalue weighted by molar-refractivity contribution is 5.89. The number of nitrogens with zero attached hydrogens (tertiary/aromatic N) is 2. The normalized spacial score (nSPS) is 10.2. The lowest BCUT2D eigenvalue weighted by atomic mass is 10.4. The third-order valence-electron chi connectivity index (χ3n) is 2.24. The fourth-order valence-electron chi connectivity index (χ4n) is 1.32. The molecule has 0 atom stereocenters. The molecule has 1 amide bonds. The van der Waals surface area contributed by atoms with Gasteiger partial charge in [0.2, 0.25) is 17.0 Å². The van der Waals surface area contributed by atoms with Crippen LogP contribution in [-0.2, 0) is 6.61 Å². The molecule has 2 rings (SSSR count). The molecule has 2 heterocycles. The van der Waals surface area contributed by atoms with E-state index in [0.29, 0.717) is 5.76 Å². The average Bonchev–Trinajstić information content (AvgIpc) is 2.86. The second-order valence-electron chi connectivity index (χ2n) is 3.55. The second-order valence-corrected chi connectivity index (χ2v) is 3.55. The molecule has 2 aromatic rings. The Morgan fingerprint density at radius 1 is 1.53 bits per heavy atom. The Morgan fingerprint density at radius 3 is 3.00 bits per heavy atom. The van der Waals surface area contributed by atoms with Crippen LogP contribution in [0.3, 0.4) is 0 Å². The van der Waals surface area contributed by atoms with Gasteiger partial charge < -0.3 is 19.0 Å². The molecule has 0 spiro atoms. The number of aryl methyl sites for hydroxylation is 1. The van der Waals surface area contributed by atoms with Gasteiger partial charge in [0.1, 0.15) is 5.76 Å². The van der Waals surface area contributed by atoms with Gasteiger partial charge in [-0.3, -0.25) is 9.59 Å². The lowest BCUT2D eigenvalue weighted by Crippen LogP contribution is -2.18. The van der Waals surface area contributed by atoms with Crippen LogP contribution in [0.4, 0.5) is 0 Å². The fourth-order valence-corrected chi connectivity index (χ4v) is 1.32. The Balaban J connectivity index is 2.09. The number of hydrogen-bond acceptors (Lipinski definition) is 7. The Hall–Kier alpha value is -2.64. The van der Waals surface area contributed by atoms with Crippen molar-refractivity contribution in [3.63, 3.8) is 0 Å². The summed E-state index contributed by atoms with van der Waals surface area (Å²) in [5.74, 6) is -0.0790. The van der Waals surface area contributed by atoms with Crippen molar-refractivity contribution in [1.82, 2.24) is 15.5 Å². The van der Waals surface area contributed by atoms with Gasteiger partial charge in [0.15, 0.2) is 6.61 Å². The van der Waals surface area contributed by atoms with E-state index in [2.05, 4.69) is 15.5 Å². The lowest BCUT2D eigenvalue weighted by Gasteiger charge is -2.03. The van der Waals surface area contributed by atoms with E-state index in [1.54, 1.807) is 6.92 Å². The molecular weight excluding hydrogens is 254 g/mol. The van der Waals surface area contributed by atoms with Gasteiger partial charge in [-0.25, -0.2) is 0 Å². The summed E-state index contributed by atoms with van der Waals surface area (Å²) in [6, 6.07) is 1.24. The monoisotopic (exact) mass is 265 g/mol. The van der Waals surface area contributed by atoms with E-state index >= 15 is 0 Å². The van der Waals surface area contributed by atoms with Crippen LogP contribution in [-0.4, -0.2) is 23.1 Å². The molecule has 1 N–H and O–H groups in total. The van der Waals surface area contributed by atoms with Crippen LogP contribution in [0, 0.1) is 6.92 Å². The van der Waals surface area contributed by atoms with Gasteiger partial charge in [0.05, 0.1) is 6.26 Å². The Bertz CT molecular complexity index is 646. The molecule has 0 fully saturated rings. The maximum Gasteiger partial charge on any atom is 0.316 e. The van der Waals surface area contributed by atoms with E-state index in [1.807, 2.05) is 0 Å². The molecule has 0 bridgehead atoms. The van der Waals surface area contributed by atoms with E-state index in [1.165, 1.54) is 19.4 Å². The molecule has 8 heteroatoms. The van der Waals surface area contributed by atoms with E-state index < -0.39 is 5.91 Å². The zero-order valence-electron chi connectivity index (χ0n) is 10.3. The number of nitrogens with one attached hydrogen (secondary N) is 1. The molecule has 8 nitrogen and oxygen atoms in total. The first kappa shape index (κ1) is 12.8. The van der Waals surface area contributed by atoms with Gasteiger partial charge in [0, 0.05) is 13.1 Å². The molecule has 19 heavy (non-hydrogen) atoms. The summed E-state index contributed by atoms with van der Waals surface area (Å²) in [6.07, 6.45) is 1.28. The van der Waals surface area contributed by atoms with E-state index in [9.17, 15) is 9.59 Å². The third kappa shape index (κ3) is 2.79. The van der Waals surface area contributed by atoms with Crippen molar-refractivity contribution >= 4 is 5.91 Å². The third-order valence-corrected chi connectivity index (χ3v) is 2.24. The van der Waals surface area contributed by atoms with Crippen LogP contribution in [0.1, 0.15) is 22.3 Å². The summed E-state index contributed by atoms with van der Waals surface area (Å²) in [5.41, 5.74) is -0.307. The molecule has 0 aliphatic heterocycles. The summed E-state index contributed by atoms with van der Waals surface area (Å²) in [7, 11) is 1.45. The summed E-state index contributed by atoms with van der Waals surface area (Å²) in [5, 5.41) is 5.90. The van der Waals surface area contributed by atoms with Crippen LogP contribution in [0.5, 0.6) is 5.75 Å². The van der Waals surface area contributed by atoms with Crippen LogP contribution in [0.25, 0.3) is 0 Å². The second kappa shape index (κ2) is 5.34. The summed E-state index contributed by atoms with van der Waals surface area (Å²) >= 11 is 0. The highest BCUT2D eigenvalue weighted by atomic mass is 16.5. The number of carbonyl (C=O) groups excluding carboxylic acids is 1. The number of hydrogen-bond donors (Lipinski definition) is 1. The SMILES string of the molecule is CNC(=O)c1nc(COc2c(C)occc2=O)no1. The van der Waals surface area contributed by atoms with Gasteiger partial charge in [-0.1, -0.05) is 5.16 Å². The number of rotatable bonds is 4. The van der Waals surface area contributed by atoms with Crippen molar-refractivity contribution in [3.8, 4) is 5.75 Å². The molecule has 0 aliphatic carbocycles. The summed E-state index contributed by atoms with van der Waals surface area (Å²) in [6.45, 7) is 1.50. The number of amides is 1. The molecular formula is C11H11N3O5. The van der Waals surface area contributed by atoms with Gasteiger partial charge in [-0.2, -0.15) is 4.98 Å². The predicted octanol–water partition coefficient (Wildman–Crippen LogP) is 0.270. The Morgan fingerprint density at radius 2 is 2.32 bits per heavy atom. The highest BCUT2D eigenvalue weighted by Crippen LogP contribution is 2.12. The quantitative estimate of drug-likeness (QED) is 0.845. The van der Waals surface area contributed by atoms with Crippen LogP contribution in [0.15, 0.2) is 26.1 Å². The first-order valence-electron chi connectivity index (χ1n) is 5.37. The molecule has 0 unspecified atom stereocenters. The predicted molar refractivity (Wildman–Crippen MR) is 61.7 cm³/mol. The fraction of sp³-hybridized carbons (Fsp3) is 0.273. The van der Waals surface area contributed by atoms with Crippen molar-refractivity contribution in [1.29, 1.82) is 0 Å². The zero-order chi connectivity index (χ0) is 13.8. The first-order valence-corrected chi connectivity index (χ1v) is 5.37. The van der Waals surface area contributed by atoms with E-state index in [0.717, 1.165) is 0 Å². The van der Waals surface area contributed by atoms with Gasteiger partial charge in [0.25, 0.3) is 0 Å². The van der Waals surface area contributed by atoms with Crippen LogP contribution >= 0.6 is 0 Å². The molecule has 0 saturated heterocycles. The maximum atomic E-state index is 11.5. The molecule has 0 radical (unpaired) electrons. The maximum absolute atomic E-state index is 11.5. The minimum atomic E-state index is -0.492. The van der Waals surface area contributed by atoms with Crippen molar-refractivity contribution < 1.29 is 18.5 Å². The van der Waals surface area contributed by atoms with Crippen LogP contribution in [0.2, 0.25) is 0 Å². The van der Waals surface area contributed by atoms with Crippen molar-refractivity contribution in [3.05, 3.63) is 40.0 Å². The highest BCUT2D eigenvalue weighted by Gasteiger charge is 2.14. The Kier molecular flexibility index (Phi) is 3.60. The number of ether oxygens (including phenoxy) is 1. The minimum Gasteiger partial charge on any atom is -0.478 e. The molecule has 2 aromatic heterocycles. The van der Waals surface area contributed by atoms with Gasteiger partial charge >= 0.3 is 11.8 Å². The van der Waals surface area contributed by atoms with Crippen molar-refractivity contribution in [2.75, 3.05) is 7.05 Å². The standard InChI is InChI=1S/C11H11N3O5/c1-6-9(7(15)3-4-17-6)18-5-8-13-11(19-14-8)10(16)12-2/h3-4H,5H2,1-2H3,(H,12,16). The Labute approximate surface area is 107 Å². The van der Waals surface area contributed by atoms with Crippen molar-refractivity contribution in [2.45, 2.75) is 13.5 Å². The first-order chi connectivity index (χ1) is 9.11. The van der Waals surface area contributed by atoms with Crippen LogP contribution < -0.4 is 15.5 Å². The molecule has 100 valence electrons. The smallest absolute Gasteiger partial charge is 0.316 e. The summed E-state index contributed by atoms with van der Waals surface area (Å²) in [4.78, 5) is 26.5. The van der Waals surface area contributed by atoms with Crippen molar-refractivity contribution in [2.24, 2.45) is 0 Å². The lowest BCUT2D eigenvalue weighted by molar-refractivity contribution is 0.0919.